The standard InChI is InChI=1S/C13H13NO4S/c1-10-2-6-13(7-3-10)19(16,17)14-8-11-4-5-12(9-15)18-11/h2-7,9,14H,8H2,1H3. The molecule has 2 aromatic rings. The van der Waals surface area contributed by atoms with E-state index in [1.54, 1.807) is 18.2 Å². The summed E-state index contributed by atoms with van der Waals surface area (Å²) in [6.45, 7) is 1.89. The molecule has 0 aliphatic carbocycles. The van der Waals surface area contributed by atoms with E-state index in [1.807, 2.05) is 6.92 Å². The quantitative estimate of drug-likeness (QED) is 0.848. The number of rotatable bonds is 5. The molecule has 1 heterocycles. The Balaban J connectivity index is 2.09. The zero-order valence-electron chi connectivity index (χ0n) is 10.3. The Morgan fingerprint density at radius 2 is 1.84 bits per heavy atom. The topological polar surface area (TPSA) is 76.4 Å². The van der Waals surface area contributed by atoms with Crippen molar-refractivity contribution in [2.45, 2.75) is 18.4 Å². The van der Waals surface area contributed by atoms with E-state index in [0.29, 0.717) is 12.0 Å². The molecule has 0 bridgehead atoms. The molecule has 2 rings (SSSR count). The highest BCUT2D eigenvalue weighted by molar-refractivity contribution is 7.89. The molecule has 1 N–H and O–H groups in total. The van der Waals surface area contributed by atoms with Gasteiger partial charge in [0.25, 0.3) is 0 Å². The van der Waals surface area contributed by atoms with Crippen molar-refractivity contribution in [1.82, 2.24) is 4.72 Å². The summed E-state index contributed by atoms with van der Waals surface area (Å²) in [5.41, 5.74) is 0.987. The lowest BCUT2D eigenvalue weighted by Crippen LogP contribution is -2.22. The minimum absolute atomic E-state index is 0.00402. The van der Waals surface area contributed by atoms with Gasteiger partial charge in [0.05, 0.1) is 11.4 Å². The number of sulfonamides is 1. The molecular weight excluding hydrogens is 266 g/mol. The maximum atomic E-state index is 12.0. The van der Waals surface area contributed by atoms with Gasteiger partial charge in [-0.2, -0.15) is 0 Å². The normalized spacial score (nSPS) is 11.4. The second-order valence-electron chi connectivity index (χ2n) is 4.06. The number of carbonyl (C=O) groups excluding carboxylic acids is 1. The number of furan rings is 1. The van der Waals surface area contributed by atoms with Crippen LogP contribution in [0.1, 0.15) is 21.9 Å². The number of hydrogen-bond donors (Lipinski definition) is 1. The summed E-state index contributed by atoms with van der Waals surface area (Å²) in [7, 11) is -3.57. The van der Waals surface area contributed by atoms with E-state index < -0.39 is 10.0 Å². The van der Waals surface area contributed by atoms with Gasteiger partial charge in [-0.05, 0) is 31.2 Å². The minimum atomic E-state index is -3.57. The number of aldehydes is 1. The van der Waals surface area contributed by atoms with Gasteiger partial charge in [-0.25, -0.2) is 13.1 Å². The molecule has 6 heteroatoms. The highest BCUT2D eigenvalue weighted by Crippen LogP contribution is 2.11. The predicted molar refractivity (Wildman–Crippen MR) is 69.3 cm³/mol. The Morgan fingerprint density at radius 3 is 2.42 bits per heavy atom. The molecule has 0 radical (unpaired) electrons. The molecule has 0 atom stereocenters. The number of benzene rings is 1. The lowest BCUT2D eigenvalue weighted by atomic mass is 10.2. The van der Waals surface area contributed by atoms with E-state index in [-0.39, 0.29) is 17.2 Å². The highest BCUT2D eigenvalue weighted by Gasteiger charge is 2.14. The fraction of sp³-hybridized carbons (Fsp3) is 0.154. The Morgan fingerprint density at radius 1 is 1.16 bits per heavy atom. The smallest absolute Gasteiger partial charge is 0.240 e. The van der Waals surface area contributed by atoms with Crippen molar-refractivity contribution in [2.24, 2.45) is 0 Å². The van der Waals surface area contributed by atoms with Crippen LogP contribution in [0.2, 0.25) is 0 Å². The van der Waals surface area contributed by atoms with Gasteiger partial charge >= 0.3 is 0 Å². The lowest BCUT2D eigenvalue weighted by molar-refractivity contribution is 0.109. The molecule has 0 aliphatic rings. The third-order valence-corrected chi connectivity index (χ3v) is 3.98. The molecule has 1 aromatic heterocycles. The number of aryl methyl sites for hydroxylation is 1. The van der Waals surface area contributed by atoms with E-state index in [9.17, 15) is 13.2 Å². The first-order valence-corrected chi connectivity index (χ1v) is 7.10. The van der Waals surface area contributed by atoms with Crippen molar-refractivity contribution in [3.8, 4) is 0 Å². The van der Waals surface area contributed by atoms with E-state index in [0.717, 1.165) is 5.56 Å². The monoisotopic (exact) mass is 279 g/mol. The molecule has 5 nitrogen and oxygen atoms in total. The van der Waals surface area contributed by atoms with E-state index in [4.69, 9.17) is 4.42 Å². The van der Waals surface area contributed by atoms with Crippen LogP contribution >= 0.6 is 0 Å². The predicted octanol–water partition coefficient (Wildman–Crippen LogP) is 1.88. The molecular formula is C13H13NO4S. The van der Waals surface area contributed by atoms with Crippen LogP contribution in [0.15, 0.2) is 45.7 Å². The SMILES string of the molecule is Cc1ccc(S(=O)(=O)NCc2ccc(C=O)o2)cc1. The van der Waals surface area contributed by atoms with Crippen LogP contribution in [-0.4, -0.2) is 14.7 Å². The lowest BCUT2D eigenvalue weighted by Gasteiger charge is -2.05. The van der Waals surface area contributed by atoms with Crippen molar-refractivity contribution in [3.63, 3.8) is 0 Å². The maximum absolute atomic E-state index is 12.0. The van der Waals surface area contributed by atoms with E-state index in [2.05, 4.69) is 4.72 Å². The van der Waals surface area contributed by atoms with Crippen LogP contribution in [-0.2, 0) is 16.6 Å². The maximum Gasteiger partial charge on any atom is 0.240 e. The summed E-state index contributed by atoms with van der Waals surface area (Å²) in [6, 6.07) is 9.58. The van der Waals surface area contributed by atoms with Crippen LogP contribution in [0.5, 0.6) is 0 Å². The summed E-state index contributed by atoms with van der Waals surface area (Å²) < 4.78 is 31.4. The first-order valence-electron chi connectivity index (χ1n) is 5.61. The van der Waals surface area contributed by atoms with E-state index in [1.165, 1.54) is 18.2 Å². The van der Waals surface area contributed by atoms with Crippen LogP contribution in [0.3, 0.4) is 0 Å². The van der Waals surface area contributed by atoms with E-state index >= 15 is 0 Å². The van der Waals surface area contributed by atoms with Crippen LogP contribution < -0.4 is 4.72 Å². The molecule has 0 amide bonds. The number of nitrogens with one attached hydrogen (secondary N) is 1. The average molecular weight is 279 g/mol. The van der Waals surface area contributed by atoms with Gasteiger partial charge in [0.15, 0.2) is 12.0 Å². The molecule has 100 valence electrons. The second kappa shape index (κ2) is 5.38. The number of hydrogen-bond acceptors (Lipinski definition) is 4. The van der Waals surface area contributed by atoms with Crippen LogP contribution in [0.4, 0.5) is 0 Å². The fourth-order valence-electron chi connectivity index (χ4n) is 1.52. The summed E-state index contributed by atoms with van der Waals surface area (Å²) in [4.78, 5) is 10.6. The summed E-state index contributed by atoms with van der Waals surface area (Å²) in [5, 5.41) is 0. The van der Waals surface area contributed by atoms with Gasteiger partial charge in [-0.15, -0.1) is 0 Å². The largest absolute Gasteiger partial charge is 0.457 e. The molecule has 0 aliphatic heterocycles. The highest BCUT2D eigenvalue weighted by atomic mass is 32.2. The molecule has 1 aromatic carbocycles. The molecule has 0 saturated carbocycles. The third kappa shape index (κ3) is 3.30. The zero-order chi connectivity index (χ0) is 13.9. The van der Waals surface area contributed by atoms with Gasteiger partial charge in [0.2, 0.25) is 10.0 Å². The molecule has 0 spiro atoms. The Labute approximate surface area is 111 Å². The first-order chi connectivity index (χ1) is 9.01. The van der Waals surface area contributed by atoms with Crippen molar-refractivity contribution in [1.29, 1.82) is 0 Å². The minimum Gasteiger partial charge on any atom is -0.457 e. The van der Waals surface area contributed by atoms with Gasteiger partial charge in [-0.1, -0.05) is 17.7 Å². The van der Waals surface area contributed by atoms with Crippen molar-refractivity contribution < 1.29 is 17.6 Å². The number of carbonyl (C=O) groups is 1. The van der Waals surface area contributed by atoms with Gasteiger partial charge in [0, 0.05) is 0 Å². The molecule has 0 unspecified atom stereocenters. The van der Waals surface area contributed by atoms with Gasteiger partial charge in [-0.3, -0.25) is 4.79 Å². The average Bonchev–Trinajstić information content (AvgIpc) is 2.85. The molecule has 19 heavy (non-hydrogen) atoms. The summed E-state index contributed by atoms with van der Waals surface area (Å²) in [5.74, 6) is 0.558. The van der Waals surface area contributed by atoms with Crippen molar-refractivity contribution in [3.05, 3.63) is 53.5 Å². The van der Waals surface area contributed by atoms with Crippen molar-refractivity contribution >= 4 is 16.3 Å². The van der Waals surface area contributed by atoms with Crippen LogP contribution in [0, 0.1) is 6.92 Å². The second-order valence-corrected chi connectivity index (χ2v) is 5.83. The van der Waals surface area contributed by atoms with Crippen LogP contribution in [0.25, 0.3) is 0 Å². The Kier molecular flexibility index (Phi) is 3.82. The summed E-state index contributed by atoms with van der Waals surface area (Å²) in [6.07, 6.45) is 0.567. The Bertz CT molecular complexity index is 671. The molecule has 0 saturated heterocycles. The van der Waals surface area contributed by atoms with Gasteiger partial charge in [0.1, 0.15) is 5.76 Å². The third-order valence-electron chi connectivity index (χ3n) is 2.57. The Hall–Kier alpha value is -1.92. The zero-order valence-corrected chi connectivity index (χ0v) is 11.1. The van der Waals surface area contributed by atoms with Crippen molar-refractivity contribution in [2.75, 3.05) is 0 Å². The molecule has 0 fully saturated rings. The summed E-state index contributed by atoms with van der Waals surface area (Å²) >= 11 is 0. The fourth-order valence-corrected chi connectivity index (χ4v) is 2.51. The first kappa shape index (κ1) is 13.5. The van der Waals surface area contributed by atoms with Gasteiger partial charge < -0.3 is 4.42 Å².